The number of hydrogen-bond acceptors (Lipinski definition) is 2. The van der Waals surface area contributed by atoms with Gasteiger partial charge in [0.05, 0.1) is 12.7 Å². The zero-order valence-corrected chi connectivity index (χ0v) is 11.9. The molecule has 108 valence electrons. The molecule has 1 N–H and O–H groups in total. The van der Waals surface area contributed by atoms with E-state index in [9.17, 15) is 4.79 Å². The largest absolute Gasteiger partial charge is 0.478 e. The maximum absolute atomic E-state index is 10.5. The molecule has 0 bridgehead atoms. The Morgan fingerprint density at radius 1 is 1.45 bits per heavy atom. The van der Waals surface area contributed by atoms with Crippen LogP contribution in [0.5, 0.6) is 0 Å². The lowest BCUT2D eigenvalue weighted by Gasteiger charge is -2.26. The third kappa shape index (κ3) is 4.82. The summed E-state index contributed by atoms with van der Waals surface area (Å²) in [5, 5.41) is 8.63. The first-order valence-corrected chi connectivity index (χ1v) is 7.25. The van der Waals surface area contributed by atoms with Gasteiger partial charge in [-0.3, -0.25) is 0 Å². The molecule has 0 saturated heterocycles. The fourth-order valence-electron chi connectivity index (χ4n) is 2.70. The first-order valence-electron chi connectivity index (χ1n) is 7.25. The van der Waals surface area contributed by atoms with Crippen molar-refractivity contribution >= 4 is 12.0 Å². The van der Waals surface area contributed by atoms with E-state index in [0.29, 0.717) is 12.7 Å². The maximum Gasteiger partial charge on any atom is 0.328 e. The predicted octanol–water partition coefficient (Wildman–Crippen LogP) is 3.88. The van der Waals surface area contributed by atoms with E-state index in [1.54, 1.807) is 6.08 Å². The molecule has 1 aromatic rings. The number of carbonyl (C=O) groups is 1. The van der Waals surface area contributed by atoms with E-state index in [0.717, 1.165) is 36.0 Å². The third-order valence-corrected chi connectivity index (χ3v) is 3.74. The lowest BCUT2D eigenvalue weighted by atomic mass is 9.89. The molecule has 1 saturated carbocycles. The summed E-state index contributed by atoms with van der Waals surface area (Å²) in [4.78, 5) is 10.5. The van der Waals surface area contributed by atoms with E-state index in [4.69, 9.17) is 9.84 Å². The van der Waals surface area contributed by atoms with E-state index < -0.39 is 5.97 Å². The number of ether oxygens (including phenoxy) is 1. The molecule has 2 atom stereocenters. The zero-order chi connectivity index (χ0) is 14.4. The van der Waals surface area contributed by atoms with Gasteiger partial charge in [-0.1, -0.05) is 38.0 Å². The first kappa shape index (κ1) is 14.8. The molecule has 3 heteroatoms. The van der Waals surface area contributed by atoms with E-state index in [-0.39, 0.29) is 0 Å². The molecular formula is C17H22O3. The van der Waals surface area contributed by atoms with Crippen LogP contribution in [0.15, 0.2) is 30.3 Å². The Morgan fingerprint density at radius 3 is 3.05 bits per heavy atom. The lowest BCUT2D eigenvalue weighted by Crippen LogP contribution is -2.21. The molecule has 2 unspecified atom stereocenters. The van der Waals surface area contributed by atoms with Crippen molar-refractivity contribution in [2.75, 3.05) is 0 Å². The van der Waals surface area contributed by atoms with Crippen LogP contribution in [-0.4, -0.2) is 17.2 Å². The summed E-state index contributed by atoms with van der Waals surface area (Å²) in [6, 6.07) is 7.82. The Balaban J connectivity index is 1.89. The van der Waals surface area contributed by atoms with E-state index in [1.165, 1.54) is 12.8 Å². The number of aliphatic carboxylic acids is 1. The van der Waals surface area contributed by atoms with Gasteiger partial charge in [0.15, 0.2) is 0 Å². The smallest absolute Gasteiger partial charge is 0.328 e. The summed E-state index contributed by atoms with van der Waals surface area (Å²) >= 11 is 0. The highest BCUT2D eigenvalue weighted by atomic mass is 16.5. The van der Waals surface area contributed by atoms with Gasteiger partial charge in [-0.25, -0.2) is 4.79 Å². The van der Waals surface area contributed by atoms with Crippen molar-refractivity contribution in [1.82, 2.24) is 0 Å². The average molecular weight is 274 g/mol. The number of hydrogen-bond donors (Lipinski definition) is 1. The SMILES string of the molecule is CC1CCCC(OCc2cccc(C=CC(=O)O)c2)C1. The Labute approximate surface area is 120 Å². The fraction of sp³-hybridized carbons (Fsp3) is 0.471. The van der Waals surface area contributed by atoms with E-state index in [1.807, 2.05) is 24.3 Å². The molecule has 1 aromatic carbocycles. The van der Waals surface area contributed by atoms with Crippen LogP contribution >= 0.6 is 0 Å². The highest BCUT2D eigenvalue weighted by Crippen LogP contribution is 2.26. The van der Waals surface area contributed by atoms with Gasteiger partial charge < -0.3 is 9.84 Å². The Morgan fingerprint density at radius 2 is 2.30 bits per heavy atom. The standard InChI is InChI=1S/C17H22O3/c1-13-4-2-7-16(10-13)20-12-15-6-3-5-14(11-15)8-9-17(18)19/h3,5-6,8-9,11,13,16H,2,4,7,10,12H2,1H3,(H,18,19). The molecular weight excluding hydrogens is 252 g/mol. The Kier molecular flexibility index (Phi) is 5.36. The molecule has 1 fully saturated rings. The van der Waals surface area contributed by atoms with Crippen LogP contribution in [0.2, 0.25) is 0 Å². The number of benzene rings is 1. The van der Waals surface area contributed by atoms with Gasteiger partial charge in [0.25, 0.3) is 0 Å². The van der Waals surface area contributed by atoms with Crippen molar-refractivity contribution in [3.63, 3.8) is 0 Å². The van der Waals surface area contributed by atoms with Crippen molar-refractivity contribution in [2.45, 2.75) is 45.3 Å². The molecule has 0 aliphatic heterocycles. The maximum atomic E-state index is 10.5. The second-order valence-electron chi connectivity index (χ2n) is 5.62. The molecule has 3 nitrogen and oxygen atoms in total. The zero-order valence-electron chi connectivity index (χ0n) is 11.9. The summed E-state index contributed by atoms with van der Waals surface area (Å²) in [5.41, 5.74) is 1.99. The van der Waals surface area contributed by atoms with Crippen molar-refractivity contribution in [2.24, 2.45) is 5.92 Å². The van der Waals surface area contributed by atoms with Crippen LogP contribution in [0.3, 0.4) is 0 Å². The van der Waals surface area contributed by atoms with Crippen LogP contribution in [0.1, 0.15) is 43.7 Å². The van der Waals surface area contributed by atoms with E-state index >= 15 is 0 Å². The molecule has 1 aliphatic rings. The highest BCUT2D eigenvalue weighted by Gasteiger charge is 2.19. The molecule has 0 amide bonds. The summed E-state index contributed by atoms with van der Waals surface area (Å²) in [7, 11) is 0. The van der Waals surface area contributed by atoms with Crippen LogP contribution in [0, 0.1) is 5.92 Å². The quantitative estimate of drug-likeness (QED) is 0.829. The molecule has 0 heterocycles. The summed E-state index contributed by atoms with van der Waals surface area (Å²) < 4.78 is 5.98. The predicted molar refractivity (Wildman–Crippen MR) is 79.3 cm³/mol. The van der Waals surface area contributed by atoms with Gasteiger partial charge in [0.2, 0.25) is 0 Å². The second kappa shape index (κ2) is 7.25. The Bertz CT molecular complexity index is 479. The minimum Gasteiger partial charge on any atom is -0.478 e. The topological polar surface area (TPSA) is 46.5 Å². The number of carboxylic acid groups (broad SMARTS) is 1. The van der Waals surface area contributed by atoms with Gasteiger partial charge in [-0.2, -0.15) is 0 Å². The van der Waals surface area contributed by atoms with Crippen molar-refractivity contribution in [3.8, 4) is 0 Å². The normalized spacial score (nSPS) is 23.1. The van der Waals surface area contributed by atoms with Crippen molar-refractivity contribution in [1.29, 1.82) is 0 Å². The van der Waals surface area contributed by atoms with Gasteiger partial charge in [-0.15, -0.1) is 0 Å². The van der Waals surface area contributed by atoms with Crippen LogP contribution < -0.4 is 0 Å². The second-order valence-corrected chi connectivity index (χ2v) is 5.62. The summed E-state index contributed by atoms with van der Waals surface area (Å²) in [6.07, 6.45) is 8.01. The summed E-state index contributed by atoms with van der Waals surface area (Å²) in [5.74, 6) is -0.165. The molecule has 1 aliphatic carbocycles. The van der Waals surface area contributed by atoms with Crippen LogP contribution in [-0.2, 0) is 16.1 Å². The van der Waals surface area contributed by atoms with Crippen LogP contribution in [0.4, 0.5) is 0 Å². The molecule has 20 heavy (non-hydrogen) atoms. The van der Waals surface area contributed by atoms with Crippen molar-refractivity contribution < 1.29 is 14.6 Å². The average Bonchev–Trinajstić information content (AvgIpc) is 2.43. The van der Waals surface area contributed by atoms with Gasteiger partial charge in [-0.05, 0) is 42.0 Å². The number of rotatable bonds is 5. The Hall–Kier alpha value is -1.61. The molecule has 0 spiro atoms. The third-order valence-electron chi connectivity index (χ3n) is 3.74. The van der Waals surface area contributed by atoms with Gasteiger partial charge in [0, 0.05) is 6.08 Å². The number of carboxylic acids is 1. The molecule has 2 rings (SSSR count). The lowest BCUT2D eigenvalue weighted by molar-refractivity contribution is -0.131. The first-order chi connectivity index (χ1) is 9.63. The minimum absolute atomic E-state index is 0.372. The van der Waals surface area contributed by atoms with Gasteiger partial charge >= 0.3 is 5.97 Å². The fourth-order valence-corrected chi connectivity index (χ4v) is 2.70. The molecule has 0 radical (unpaired) electrons. The summed E-state index contributed by atoms with van der Waals surface area (Å²) in [6.45, 7) is 2.89. The highest BCUT2D eigenvalue weighted by molar-refractivity contribution is 5.85. The minimum atomic E-state index is -0.928. The van der Waals surface area contributed by atoms with Crippen molar-refractivity contribution in [3.05, 3.63) is 41.5 Å². The monoisotopic (exact) mass is 274 g/mol. The van der Waals surface area contributed by atoms with Gasteiger partial charge in [0.1, 0.15) is 0 Å². The van der Waals surface area contributed by atoms with Crippen LogP contribution in [0.25, 0.3) is 6.08 Å². The van der Waals surface area contributed by atoms with E-state index in [2.05, 4.69) is 6.92 Å². The molecule has 0 aromatic heterocycles.